The maximum Gasteiger partial charge on any atom is 0.271 e. The second kappa shape index (κ2) is 6.31. The number of piperidine rings is 1. The molecule has 7 nitrogen and oxygen atoms in total. The van der Waals surface area contributed by atoms with Crippen molar-refractivity contribution in [3.8, 4) is 0 Å². The Kier molecular flexibility index (Phi) is 3.99. The molecule has 4 heterocycles. The Hall–Kier alpha value is -2.70. The molecule has 2 bridgehead atoms. The third-order valence-electron chi connectivity index (χ3n) is 5.08. The van der Waals surface area contributed by atoms with E-state index in [0.29, 0.717) is 11.3 Å². The minimum absolute atomic E-state index is 0.0235. The summed E-state index contributed by atoms with van der Waals surface area (Å²) in [6, 6.07) is 2.08. The number of furan rings is 1. The van der Waals surface area contributed by atoms with Crippen LogP contribution in [0.3, 0.4) is 0 Å². The summed E-state index contributed by atoms with van der Waals surface area (Å²) in [7, 11) is 0. The number of aryl methyl sites for hydroxylation is 1. The first-order valence-corrected chi connectivity index (χ1v) is 8.56. The van der Waals surface area contributed by atoms with E-state index in [9.17, 15) is 9.59 Å². The number of carbonyl (C=O) groups excluding carboxylic acids is 2. The van der Waals surface area contributed by atoms with Crippen LogP contribution in [0.15, 0.2) is 35.4 Å². The number of hydrogen-bond acceptors (Lipinski definition) is 5. The molecule has 2 atom stereocenters. The van der Waals surface area contributed by atoms with E-state index >= 15 is 0 Å². The predicted molar refractivity (Wildman–Crippen MR) is 88.9 cm³/mol. The van der Waals surface area contributed by atoms with Crippen molar-refractivity contribution >= 4 is 11.8 Å². The number of fused-ring (bicyclic) bond motifs is 2. The van der Waals surface area contributed by atoms with Crippen molar-refractivity contribution in [2.45, 2.75) is 50.7 Å². The highest BCUT2D eigenvalue weighted by Gasteiger charge is 2.44. The molecule has 130 valence electrons. The van der Waals surface area contributed by atoms with Crippen LogP contribution < -0.4 is 5.32 Å². The molecule has 2 aromatic heterocycles. The number of rotatable bonds is 3. The molecule has 2 unspecified atom stereocenters. The summed E-state index contributed by atoms with van der Waals surface area (Å²) in [5, 5.41) is 3.05. The number of carbonyl (C=O) groups is 2. The molecule has 2 saturated heterocycles. The van der Waals surface area contributed by atoms with Crippen LogP contribution in [-0.2, 0) is 0 Å². The van der Waals surface area contributed by atoms with Crippen molar-refractivity contribution in [1.29, 1.82) is 0 Å². The van der Waals surface area contributed by atoms with Crippen LogP contribution in [0.2, 0.25) is 0 Å². The van der Waals surface area contributed by atoms with E-state index in [4.69, 9.17) is 4.42 Å². The minimum Gasteiger partial charge on any atom is -0.472 e. The summed E-state index contributed by atoms with van der Waals surface area (Å²) in [5.41, 5.74) is 1.70. The van der Waals surface area contributed by atoms with E-state index in [2.05, 4.69) is 15.3 Å². The van der Waals surface area contributed by atoms with Gasteiger partial charge in [0.1, 0.15) is 12.0 Å². The average Bonchev–Trinajstić information content (AvgIpc) is 3.22. The Balaban J connectivity index is 1.42. The molecule has 2 amide bonds. The van der Waals surface area contributed by atoms with Crippen LogP contribution in [0.1, 0.15) is 52.2 Å². The molecule has 0 aromatic carbocycles. The van der Waals surface area contributed by atoms with Crippen molar-refractivity contribution in [2.75, 3.05) is 0 Å². The fourth-order valence-electron chi connectivity index (χ4n) is 3.93. The number of aromatic nitrogens is 2. The molecule has 2 aromatic rings. The molecular weight excluding hydrogens is 320 g/mol. The average molecular weight is 340 g/mol. The Morgan fingerprint density at radius 2 is 1.96 bits per heavy atom. The molecule has 7 heteroatoms. The molecule has 0 radical (unpaired) electrons. The van der Waals surface area contributed by atoms with Crippen LogP contribution in [0.5, 0.6) is 0 Å². The standard InChI is InChI=1S/C18H20N4O3/c1-11-8-20-16(9-19-11)17(23)21-13-6-14-2-3-15(7-13)22(14)18(24)12-4-5-25-10-12/h4-5,8-10,13-15H,2-3,6-7H2,1H3,(H,21,23). The summed E-state index contributed by atoms with van der Waals surface area (Å²) in [4.78, 5) is 35.2. The monoisotopic (exact) mass is 340 g/mol. The largest absolute Gasteiger partial charge is 0.472 e. The highest BCUT2D eigenvalue weighted by Crippen LogP contribution is 2.36. The van der Waals surface area contributed by atoms with Gasteiger partial charge in [-0.1, -0.05) is 0 Å². The smallest absolute Gasteiger partial charge is 0.271 e. The quantitative estimate of drug-likeness (QED) is 0.922. The first-order valence-electron chi connectivity index (χ1n) is 8.56. The van der Waals surface area contributed by atoms with Gasteiger partial charge in [0.15, 0.2) is 0 Å². The number of nitrogens with one attached hydrogen (secondary N) is 1. The lowest BCUT2D eigenvalue weighted by atomic mass is 9.96. The number of nitrogens with zero attached hydrogens (tertiary/aromatic N) is 3. The molecular formula is C18H20N4O3. The Morgan fingerprint density at radius 3 is 2.56 bits per heavy atom. The van der Waals surface area contributed by atoms with Gasteiger partial charge in [-0.2, -0.15) is 0 Å². The van der Waals surface area contributed by atoms with Gasteiger partial charge in [0.2, 0.25) is 0 Å². The highest BCUT2D eigenvalue weighted by atomic mass is 16.3. The van der Waals surface area contributed by atoms with Crippen LogP contribution in [0, 0.1) is 6.92 Å². The van der Waals surface area contributed by atoms with Gasteiger partial charge in [0.25, 0.3) is 11.8 Å². The predicted octanol–water partition coefficient (Wildman–Crippen LogP) is 1.94. The van der Waals surface area contributed by atoms with Crippen LogP contribution in [0.4, 0.5) is 0 Å². The molecule has 1 N–H and O–H groups in total. The van der Waals surface area contributed by atoms with E-state index in [1.54, 1.807) is 12.3 Å². The van der Waals surface area contributed by atoms with Crippen molar-refractivity contribution in [1.82, 2.24) is 20.2 Å². The summed E-state index contributed by atoms with van der Waals surface area (Å²) in [6.45, 7) is 1.83. The van der Waals surface area contributed by atoms with E-state index in [1.165, 1.54) is 18.7 Å². The van der Waals surface area contributed by atoms with E-state index < -0.39 is 0 Å². The van der Waals surface area contributed by atoms with Gasteiger partial charge < -0.3 is 14.6 Å². The first kappa shape index (κ1) is 15.8. The van der Waals surface area contributed by atoms with E-state index in [1.807, 2.05) is 11.8 Å². The van der Waals surface area contributed by atoms with Crippen molar-refractivity contribution in [3.05, 3.63) is 47.9 Å². The summed E-state index contributed by atoms with van der Waals surface area (Å²) in [6.07, 6.45) is 9.59. The number of amides is 2. The van der Waals surface area contributed by atoms with Gasteiger partial charge in [-0.3, -0.25) is 14.6 Å². The van der Waals surface area contributed by atoms with E-state index in [-0.39, 0.29) is 29.9 Å². The van der Waals surface area contributed by atoms with Crippen LogP contribution >= 0.6 is 0 Å². The van der Waals surface area contributed by atoms with Gasteiger partial charge in [-0.15, -0.1) is 0 Å². The zero-order chi connectivity index (χ0) is 17.4. The van der Waals surface area contributed by atoms with Crippen molar-refractivity contribution in [2.24, 2.45) is 0 Å². The Labute approximate surface area is 145 Å². The SMILES string of the molecule is Cc1cnc(C(=O)NC2CC3CCC(C2)N3C(=O)c2ccoc2)cn1. The van der Waals surface area contributed by atoms with E-state index in [0.717, 1.165) is 31.4 Å². The summed E-state index contributed by atoms with van der Waals surface area (Å²) < 4.78 is 5.03. The Morgan fingerprint density at radius 1 is 1.20 bits per heavy atom. The van der Waals surface area contributed by atoms with Gasteiger partial charge in [-0.25, -0.2) is 4.98 Å². The third kappa shape index (κ3) is 3.01. The molecule has 2 aliphatic heterocycles. The van der Waals surface area contributed by atoms with Crippen LogP contribution in [0.25, 0.3) is 0 Å². The summed E-state index contributed by atoms with van der Waals surface area (Å²) in [5.74, 6) is -0.179. The van der Waals surface area contributed by atoms with Crippen molar-refractivity contribution < 1.29 is 14.0 Å². The fraction of sp³-hybridized carbons (Fsp3) is 0.444. The first-order chi connectivity index (χ1) is 12.1. The second-order valence-corrected chi connectivity index (χ2v) is 6.79. The maximum absolute atomic E-state index is 12.7. The molecule has 2 fully saturated rings. The zero-order valence-corrected chi connectivity index (χ0v) is 14.0. The topological polar surface area (TPSA) is 88.3 Å². The van der Waals surface area contributed by atoms with Gasteiger partial charge in [0.05, 0.1) is 23.7 Å². The lowest BCUT2D eigenvalue weighted by molar-refractivity contribution is 0.0548. The molecule has 25 heavy (non-hydrogen) atoms. The molecule has 0 spiro atoms. The molecule has 0 saturated carbocycles. The fourth-order valence-corrected chi connectivity index (χ4v) is 3.93. The molecule has 2 aliphatic rings. The third-order valence-corrected chi connectivity index (χ3v) is 5.08. The van der Waals surface area contributed by atoms with Crippen LogP contribution in [-0.4, -0.2) is 44.8 Å². The molecule has 0 aliphatic carbocycles. The second-order valence-electron chi connectivity index (χ2n) is 6.79. The lowest BCUT2D eigenvalue weighted by Crippen LogP contribution is -2.52. The minimum atomic E-state index is -0.202. The normalized spacial score (nSPS) is 25.0. The summed E-state index contributed by atoms with van der Waals surface area (Å²) >= 11 is 0. The Bertz CT molecular complexity index is 758. The lowest BCUT2D eigenvalue weighted by Gasteiger charge is -2.39. The zero-order valence-electron chi connectivity index (χ0n) is 14.0. The highest BCUT2D eigenvalue weighted by molar-refractivity contribution is 5.95. The number of hydrogen-bond donors (Lipinski definition) is 1. The maximum atomic E-state index is 12.7. The molecule has 4 rings (SSSR count). The van der Waals surface area contributed by atoms with Gasteiger partial charge in [-0.05, 0) is 38.7 Å². The van der Waals surface area contributed by atoms with Gasteiger partial charge >= 0.3 is 0 Å². The van der Waals surface area contributed by atoms with Crippen molar-refractivity contribution in [3.63, 3.8) is 0 Å². The van der Waals surface area contributed by atoms with Gasteiger partial charge in [0, 0.05) is 24.3 Å².